The molecular weight excluding hydrogens is 359 g/mol. The summed E-state index contributed by atoms with van der Waals surface area (Å²) in [6.45, 7) is -0.581. The largest absolute Gasteiger partial charge is 0.455 e. The second kappa shape index (κ2) is 8.66. The highest BCUT2D eigenvalue weighted by atomic mass is 19.1. The Morgan fingerprint density at radius 3 is 2.32 bits per heavy atom. The molecule has 0 saturated heterocycles. The lowest BCUT2D eigenvalue weighted by atomic mass is 9.79. The topological polar surface area (TPSA) is 70.4 Å². The van der Waals surface area contributed by atoms with Crippen molar-refractivity contribution in [3.8, 4) is 6.07 Å². The Morgan fingerprint density at radius 2 is 1.71 bits per heavy atom. The minimum Gasteiger partial charge on any atom is -0.455 e. The highest BCUT2D eigenvalue weighted by Gasteiger charge is 2.44. The number of halogens is 1. The lowest BCUT2D eigenvalue weighted by molar-refractivity contribution is -0.153. The van der Waals surface area contributed by atoms with Crippen LogP contribution in [-0.2, 0) is 19.7 Å². The highest BCUT2D eigenvalue weighted by molar-refractivity contribution is 5.96. The first-order valence-electron chi connectivity index (χ1n) is 9.22. The van der Waals surface area contributed by atoms with Crippen LogP contribution in [0.5, 0.6) is 0 Å². The highest BCUT2D eigenvalue weighted by Crippen LogP contribution is 2.42. The Morgan fingerprint density at radius 1 is 1.07 bits per heavy atom. The van der Waals surface area contributed by atoms with Crippen molar-refractivity contribution in [3.63, 3.8) is 0 Å². The van der Waals surface area contributed by atoms with E-state index in [1.54, 1.807) is 36.4 Å². The third-order valence-corrected chi connectivity index (χ3v) is 5.17. The molecule has 0 bridgehead atoms. The van der Waals surface area contributed by atoms with Crippen molar-refractivity contribution in [2.24, 2.45) is 0 Å². The van der Waals surface area contributed by atoms with Crippen molar-refractivity contribution in [2.45, 2.75) is 31.1 Å². The van der Waals surface area contributed by atoms with Crippen LogP contribution in [0.25, 0.3) is 0 Å². The molecule has 0 atom stereocenters. The van der Waals surface area contributed by atoms with Crippen molar-refractivity contribution in [1.29, 1.82) is 5.26 Å². The normalized spacial score (nSPS) is 14.9. The number of carbonyl (C=O) groups is 2. The maximum absolute atomic E-state index is 13.3. The summed E-state index contributed by atoms with van der Waals surface area (Å²) < 4.78 is 18.7. The predicted octanol–water partition coefficient (Wildman–Crippen LogP) is 3.74. The molecule has 5 nitrogen and oxygen atoms in total. The van der Waals surface area contributed by atoms with E-state index in [1.165, 1.54) is 17.0 Å². The van der Waals surface area contributed by atoms with Crippen LogP contribution in [0.1, 0.15) is 31.2 Å². The Kier molecular flexibility index (Phi) is 6.05. The summed E-state index contributed by atoms with van der Waals surface area (Å²) >= 11 is 0. The number of para-hydroxylation sites is 1. The van der Waals surface area contributed by atoms with Crippen LogP contribution in [0.15, 0.2) is 54.6 Å². The quantitative estimate of drug-likeness (QED) is 0.565. The molecular formula is C22H21FN2O3. The van der Waals surface area contributed by atoms with Gasteiger partial charge in [-0.3, -0.25) is 14.5 Å². The first-order valence-corrected chi connectivity index (χ1v) is 9.22. The molecule has 0 unspecified atom stereocenters. The fourth-order valence-electron chi connectivity index (χ4n) is 3.70. The maximum atomic E-state index is 13.3. The molecule has 6 heteroatoms. The molecule has 28 heavy (non-hydrogen) atoms. The number of carbonyl (C=O) groups excluding carboxylic acids is 2. The second-order valence-corrected chi connectivity index (χ2v) is 6.85. The summed E-state index contributed by atoms with van der Waals surface area (Å²) in [6, 6.07) is 16.6. The van der Waals surface area contributed by atoms with Crippen molar-refractivity contribution in [1.82, 2.24) is 0 Å². The molecule has 0 aliphatic heterocycles. The molecule has 0 heterocycles. The van der Waals surface area contributed by atoms with Crippen LogP contribution in [0.3, 0.4) is 0 Å². The van der Waals surface area contributed by atoms with Gasteiger partial charge < -0.3 is 4.74 Å². The minimum absolute atomic E-state index is 0.135. The van der Waals surface area contributed by atoms with Gasteiger partial charge in [0, 0.05) is 5.69 Å². The summed E-state index contributed by atoms with van der Waals surface area (Å²) in [5.74, 6) is -1.31. The van der Waals surface area contributed by atoms with Crippen LogP contribution in [-0.4, -0.2) is 25.0 Å². The van der Waals surface area contributed by atoms with Gasteiger partial charge in [0.1, 0.15) is 12.4 Å². The molecule has 3 rings (SSSR count). The van der Waals surface area contributed by atoms with Gasteiger partial charge >= 0.3 is 5.97 Å². The van der Waals surface area contributed by atoms with E-state index in [-0.39, 0.29) is 12.4 Å². The number of benzene rings is 2. The number of hydrogen-bond acceptors (Lipinski definition) is 4. The summed E-state index contributed by atoms with van der Waals surface area (Å²) in [5.41, 5.74) is 0.431. The minimum atomic E-state index is -0.846. The van der Waals surface area contributed by atoms with E-state index in [0.717, 1.165) is 12.8 Å². The average Bonchev–Trinajstić information content (AvgIpc) is 3.22. The van der Waals surface area contributed by atoms with Gasteiger partial charge in [-0.15, -0.1) is 0 Å². The Labute approximate surface area is 163 Å². The molecule has 1 aliphatic carbocycles. The average molecular weight is 380 g/mol. The van der Waals surface area contributed by atoms with Gasteiger partial charge in [0.15, 0.2) is 6.61 Å². The van der Waals surface area contributed by atoms with E-state index in [0.29, 0.717) is 24.1 Å². The number of ether oxygens (including phenoxy) is 1. The fourth-order valence-corrected chi connectivity index (χ4v) is 3.70. The fraction of sp³-hybridized carbons (Fsp3) is 0.318. The summed E-state index contributed by atoms with van der Waals surface area (Å²) in [4.78, 5) is 26.8. The van der Waals surface area contributed by atoms with Crippen molar-refractivity contribution >= 4 is 17.6 Å². The number of nitriles is 1. The molecule has 1 amide bonds. The van der Waals surface area contributed by atoms with Crippen LogP contribution in [0.4, 0.5) is 10.1 Å². The van der Waals surface area contributed by atoms with Gasteiger partial charge in [-0.2, -0.15) is 5.26 Å². The summed E-state index contributed by atoms with van der Waals surface area (Å²) in [7, 11) is 0. The van der Waals surface area contributed by atoms with E-state index < -0.39 is 23.9 Å². The zero-order valence-corrected chi connectivity index (χ0v) is 15.4. The van der Waals surface area contributed by atoms with Crippen LogP contribution >= 0.6 is 0 Å². The standard InChI is InChI=1S/C22H21FN2O3/c23-18-10-8-17(9-11-18)22(12-4-5-13-22)21(27)28-16-20(26)25(15-14-24)19-6-2-1-3-7-19/h1-3,6-11H,4-5,12-13,15-16H2. The van der Waals surface area contributed by atoms with E-state index >= 15 is 0 Å². The third kappa shape index (κ3) is 4.04. The molecule has 0 spiro atoms. The van der Waals surface area contributed by atoms with Gasteiger partial charge in [0.25, 0.3) is 5.91 Å². The van der Waals surface area contributed by atoms with Crippen LogP contribution < -0.4 is 4.90 Å². The Hall–Kier alpha value is -3.20. The summed E-state index contributed by atoms with van der Waals surface area (Å²) in [6.07, 6.45) is 2.94. The van der Waals surface area contributed by atoms with Crippen LogP contribution in [0, 0.1) is 17.1 Å². The van der Waals surface area contributed by atoms with Gasteiger partial charge in [-0.25, -0.2) is 4.39 Å². The SMILES string of the molecule is N#CCN(C(=O)COC(=O)C1(c2ccc(F)cc2)CCCC1)c1ccccc1. The molecule has 0 radical (unpaired) electrons. The van der Waals surface area contributed by atoms with Gasteiger partial charge in [-0.05, 0) is 42.7 Å². The predicted molar refractivity (Wildman–Crippen MR) is 102 cm³/mol. The van der Waals surface area contributed by atoms with E-state index in [4.69, 9.17) is 10.00 Å². The third-order valence-electron chi connectivity index (χ3n) is 5.17. The van der Waals surface area contributed by atoms with Gasteiger partial charge in [-0.1, -0.05) is 43.2 Å². The molecule has 144 valence electrons. The Bertz CT molecular complexity index is 869. The van der Waals surface area contributed by atoms with Gasteiger partial charge in [0.05, 0.1) is 11.5 Å². The second-order valence-electron chi connectivity index (χ2n) is 6.85. The van der Waals surface area contributed by atoms with Crippen LogP contribution in [0.2, 0.25) is 0 Å². The van der Waals surface area contributed by atoms with Crippen molar-refractivity contribution in [3.05, 3.63) is 66.0 Å². The first kappa shape index (κ1) is 19.6. The molecule has 0 N–H and O–H groups in total. The molecule has 2 aromatic carbocycles. The first-order chi connectivity index (χ1) is 13.6. The monoisotopic (exact) mass is 380 g/mol. The molecule has 2 aromatic rings. The zero-order valence-electron chi connectivity index (χ0n) is 15.4. The molecule has 1 aliphatic rings. The van der Waals surface area contributed by atoms with E-state index in [9.17, 15) is 14.0 Å². The smallest absolute Gasteiger partial charge is 0.317 e. The van der Waals surface area contributed by atoms with Crippen molar-refractivity contribution in [2.75, 3.05) is 18.1 Å². The van der Waals surface area contributed by atoms with E-state index in [2.05, 4.69) is 0 Å². The number of nitrogens with zero attached hydrogens (tertiary/aromatic N) is 2. The van der Waals surface area contributed by atoms with Gasteiger partial charge in [0.2, 0.25) is 0 Å². The Balaban J connectivity index is 1.73. The maximum Gasteiger partial charge on any atom is 0.317 e. The number of hydrogen-bond donors (Lipinski definition) is 0. The lowest BCUT2D eigenvalue weighted by Gasteiger charge is -2.28. The molecule has 1 saturated carbocycles. The number of esters is 1. The van der Waals surface area contributed by atoms with Crippen molar-refractivity contribution < 1.29 is 18.7 Å². The molecule has 0 aromatic heterocycles. The lowest BCUT2D eigenvalue weighted by Crippen LogP contribution is -2.39. The van der Waals surface area contributed by atoms with E-state index in [1.807, 2.05) is 12.1 Å². The zero-order chi connectivity index (χ0) is 20.0. The number of rotatable bonds is 6. The molecule has 1 fully saturated rings. The summed E-state index contributed by atoms with van der Waals surface area (Å²) in [5, 5.41) is 9.03. The number of anilines is 1. The number of amides is 1.